The Bertz CT molecular complexity index is 1230. The van der Waals surface area contributed by atoms with Crippen molar-refractivity contribution in [1.29, 1.82) is 0 Å². The quantitative estimate of drug-likeness (QED) is 0.327. The first-order valence-electron chi connectivity index (χ1n) is 9.99. The fourth-order valence-electron chi connectivity index (χ4n) is 3.21. The molecule has 0 spiro atoms. The van der Waals surface area contributed by atoms with E-state index < -0.39 is 0 Å². The number of nitrogens with zero attached hydrogens (tertiary/aromatic N) is 2. The maximum Gasteiger partial charge on any atom is 0.151 e. The minimum atomic E-state index is 0.109. The van der Waals surface area contributed by atoms with Crippen molar-refractivity contribution in [3.63, 3.8) is 0 Å². The van der Waals surface area contributed by atoms with Gasteiger partial charge in [-0.1, -0.05) is 74.0 Å². The molecule has 0 aliphatic heterocycles. The maximum absolute atomic E-state index is 6.48. The fraction of sp³-hybridized carbons (Fsp3) is 0.200. The number of rotatable bonds is 4. The number of halogens is 1. The molecule has 0 amide bonds. The third kappa shape index (κ3) is 4.58. The summed E-state index contributed by atoms with van der Waals surface area (Å²) in [5.41, 5.74) is 10.7. The maximum atomic E-state index is 6.48. The van der Waals surface area contributed by atoms with Crippen LogP contribution in [0.1, 0.15) is 31.9 Å². The van der Waals surface area contributed by atoms with Crippen molar-refractivity contribution >= 4 is 28.6 Å². The van der Waals surface area contributed by atoms with Gasteiger partial charge in [-0.15, -0.1) is 10.2 Å². The Morgan fingerprint density at radius 2 is 1.61 bits per heavy atom. The Balaban J connectivity index is 1.59. The first-order valence-corrected chi connectivity index (χ1v) is 11.2. The SMILES string of the molecule is Cc1ccc(N)c(-c2nnc(-c3cccc(Oc4ccc(C(C)(C)C)cc4)c3)s2)c1Cl. The number of hydrogen-bond donors (Lipinski definition) is 1. The molecule has 0 bridgehead atoms. The van der Waals surface area contributed by atoms with E-state index >= 15 is 0 Å². The van der Waals surface area contributed by atoms with Gasteiger partial charge in [-0.2, -0.15) is 0 Å². The minimum absolute atomic E-state index is 0.109. The van der Waals surface area contributed by atoms with Crippen molar-refractivity contribution in [2.24, 2.45) is 0 Å². The van der Waals surface area contributed by atoms with Crippen molar-refractivity contribution in [3.05, 3.63) is 76.8 Å². The minimum Gasteiger partial charge on any atom is -0.457 e. The molecule has 4 aromatic rings. The van der Waals surface area contributed by atoms with E-state index in [1.54, 1.807) is 0 Å². The number of anilines is 1. The van der Waals surface area contributed by atoms with Crippen molar-refractivity contribution < 1.29 is 4.74 Å². The van der Waals surface area contributed by atoms with E-state index in [0.717, 1.165) is 33.2 Å². The van der Waals surface area contributed by atoms with E-state index in [-0.39, 0.29) is 5.41 Å². The number of aromatic nitrogens is 2. The summed E-state index contributed by atoms with van der Waals surface area (Å²) in [5, 5.41) is 10.8. The summed E-state index contributed by atoms with van der Waals surface area (Å²) in [5.74, 6) is 1.54. The van der Waals surface area contributed by atoms with Crippen LogP contribution in [-0.2, 0) is 5.41 Å². The Labute approximate surface area is 191 Å². The number of benzene rings is 3. The van der Waals surface area contributed by atoms with Crippen LogP contribution in [0.5, 0.6) is 11.5 Å². The zero-order valence-electron chi connectivity index (χ0n) is 17.9. The predicted molar refractivity (Wildman–Crippen MR) is 130 cm³/mol. The molecule has 4 rings (SSSR count). The normalized spacial score (nSPS) is 11.5. The molecule has 0 saturated heterocycles. The van der Waals surface area contributed by atoms with Crippen LogP contribution in [0.15, 0.2) is 60.7 Å². The van der Waals surface area contributed by atoms with Crippen LogP contribution in [0.2, 0.25) is 5.02 Å². The molecule has 0 saturated carbocycles. The van der Waals surface area contributed by atoms with Gasteiger partial charge in [-0.05, 0) is 53.8 Å². The van der Waals surface area contributed by atoms with Crippen LogP contribution in [0.4, 0.5) is 5.69 Å². The van der Waals surface area contributed by atoms with Crippen molar-refractivity contribution in [2.75, 3.05) is 5.73 Å². The van der Waals surface area contributed by atoms with E-state index in [1.807, 2.05) is 55.5 Å². The summed E-state index contributed by atoms with van der Waals surface area (Å²) in [6.07, 6.45) is 0. The van der Waals surface area contributed by atoms with Gasteiger partial charge in [0.1, 0.15) is 16.5 Å². The van der Waals surface area contributed by atoms with Gasteiger partial charge < -0.3 is 10.5 Å². The Kier molecular flexibility index (Phi) is 5.73. The summed E-state index contributed by atoms with van der Waals surface area (Å²) in [7, 11) is 0. The Morgan fingerprint density at radius 1 is 0.903 bits per heavy atom. The molecule has 6 heteroatoms. The third-order valence-electron chi connectivity index (χ3n) is 5.04. The lowest BCUT2D eigenvalue weighted by Crippen LogP contribution is -2.10. The van der Waals surface area contributed by atoms with Crippen LogP contribution in [0.25, 0.3) is 21.1 Å². The van der Waals surface area contributed by atoms with E-state index in [1.165, 1.54) is 16.9 Å². The number of hydrogen-bond acceptors (Lipinski definition) is 5. The van der Waals surface area contributed by atoms with E-state index in [0.29, 0.717) is 15.7 Å². The lowest BCUT2D eigenvalue weighted by molar-refractivity contribution is 0.481. The summed E-state index contributed by atoms with van der Waals surface area (Å²) in [4.78, 5) is 0. The van der Waals surface area contributed by atoms with Gasteiger partial charge in [-0.3, -0.25) is 0 Å². The molecule has 0 aliphatic rings. The number of aryl methyl sites for hydroxylation is 1. The van der Waals surface area contributed by atoms with Crippen molar-refractivity contribution in [2.45, 2.75) is 33.1 Å². The first kappa shape index (κ1) is 21.3. The predicted octanol–water partition coefficient (Wildman–Crippen LogP) is 7.51. The van der Waals surface area contributed by atoms with Gasteiger partial charge in [0.05, 0.1) is 10.6 Å². The molecule has 0 unspecified atom stereocenters. The van der Waals surface area contributed by atoms with Gasteiger partial charge in [0.25, 0.3) is 0 Å². The third-order valence-corrected chi connectivity index (χ3v) is 6.52. The lowest BCUT2D eigenvalue weighted by Gasteiger charge is -2.19. The zero-order valence-corrected chi connectivity index (χ0v) is 19.5. The van der Waals surface area contributed by atoms with Crippen molar-refractivity contribution in [1.82, 2.24) is 10.2 Å². The molecule has 0 aliphatic carbocycles. The molecule has 158 valence electrons. The van der Waals surface area contributed by atoms with Crippen molar-refractivity contribution in [3.8, 4) is 32.6 Å². The molecule has 31 heavy (non-hydrogen) atoms. The molecule has 4 nitrogen and oxygen atoms in total. The molecule has 0 atom stereocenters. The zero-order chi connectivity index (χ0) is 22.2. The highest BCUT2D eigenvalue weighted by Crippen LogP contribution is 2.39. The highest BCUT2D eigenvalue weighted by molar-refractivity contribution is 7.18. The summed E-state index contributed by atoms with van der Waals surface area (Å²) in [6.45, 7) is 8.53. The van der Waals surface area contributed by atoms with Crippen LogP contribution in [-0.4, -0.2) is 10.2 Å². The lowest BCUT2D eigenvalue weighted by atomic mass is 9.87. The number of nitrogen functional groups attached to an aromatic ring is 1. The largest absolute Gasteiger partial charge is 0.457 e. The second-order valence-electron chi connectivity index (χ2n) is 8.48. The Morgan fingerprint density at radius 3 is 2.32 bits per heavy atom. The summed E-state index contributed by atoms with van der Waals surface area (Å²) >= 11 is 7.94. The van der Waals surface area contributed by atoms with Crippen LogP contribution < -0.4 is 10.5 Å². The first-order chi connectivity index (χ1) is 14.7. The highest BCUT2D eigenvalue weighted by Gasteiger charge is 2.17. The van der Waals surface area contributed by atoms with E-state index in [9.17, 15) is 0 Å². The molecule has 1 heterocycles. The number of nitrogens with two attached hydrogens (primary N) is 1. The molecule has 1 aromatic heterocycles. The Hall–Kier alpha value is -2.89. The molecule has 3 aromatic carbocycles. The molecule has 2 N–H and O–H groups in total. The van der Waals surface area contributed by atoms with Crippen LogP contribution in [0.3, 0.4) is 0 Å². The van der Waals surface area contributed by atoms with E-state index in [4.69, 9.17) is 22.1 Å². The molecular weight excluding hydrogens is 426 g/mol. The van der Waals surface area contributed by atoms with Gasteiger partial charge in [0, 0.05) is 11.3 Å². The molecule has 0 radical (unpaired) electrons. The highest BCUT2D eigenvalue weighted by atomic mass is 35.5. The van der Waals surface area contributed by atoms with Crippen LogP contribution >= 0.6 is 22.9 Å². The average Bonchev–Trinajstić information content (AvgIpc) is 3.21. The average molecular weight is 450 g/mol. The van der Waals surface area contributed by atoms with Crippen LogP contribution in [0, 0.1) is 6.92 Å². The van der Waals surface area contributed by atoms with Gasteiger partial charge in [0.2, 0.25) is 0 Å². The van der Waals surface area contributed by atoms with Gasteiger partial charge >= 0.3 is 0 Å². The fourth-order valence-corrected chi connectivity index (χ4v) is 4.44. The smallest absolute Gasteiger partial charge is 0.151 e. The second kappa shape index (κ2) is 8.33. The molecular formula is C25H24ClN3OS. The van der Waals surface area contributed by atoms with Gasteiger partial charge in [0.15, 0.2) is 5.01 Å². The van der Waals surface area contributed by atoms with Gasteiger partial charge in [-0.25, -0.2) is 0 Å². The summed E-state index contributed by atoms with van der Waals surface area (Å²) in [6, 6.07) is 19.8. The topological polar surface area (TPSA) is 61.0 Å². The van der Waals surface area contributed by atoms with E-state index in [2.05, 4.69) is 43.1 Å². The standard InChI is InChI=1S/C25H24ClN3OS/c1-15-8-13-20(27)21(22(15)26)24-29-28-23(31-24)16-6-5-7-19(14-16)30-18-11-9-17(10-12-18)25(2,3)4/h5-14H,27H2,1-4H3. The monoisotopic (exact) mass is 449 g/mol. The second-order valence-corrected chi connectivity index (χ2v) is 9.83. The summed E-state index contributed by atoms with van der Waals surface area (Å²) < 4.78 is 6.07. The number of ether oxygens (including phenoxy) is 1. The molecule has 0 fully saturated rings.